The average molecular weight is 197 g/mol. The first-order chi connectivity index (χ1) is 6.63. The monoisotopic (exact) mass is 197 g/mol. The molecule has 1 atom stereocenters. The third-order valence-corrected chi connectivity index (χ3v) is 2.40. The maximum Gasteiger partial charge on any atom is 0.240 e. The average Bonchev–Trinajstić information content (AvgIpc) is 2.61. The Morgan fingerprint density at radius 2 is 2.07 bits per heavy atom. The first kappa shape index (κ1) is 11.2. The summed E-state index contributed by atoms with van der Waals surface area (Å²) in [7, 11) is 0. The first-order valence-electron chi connectivity index (χ1n) is 5.18. The third kappa shape index (κ3) is 3.10. The lowest BCUT2D eigenvalue weighted by molar-refractivity contribution is 0.340. The lowest BCUT2D eigenvalue weighted by Crippen LogP contribution is -2.30. The molecule has 1 aromatic heterocycles. The Bertz CT molecular complexity index is 270. The van der Waals surface area contributed by atoms with Crippen LogP contribution in [-0.2, 0) is 13.0 Å². The van der Waals surface area contributed by atoms with Crippen LogP contribution in [0.1, 0.15) is 39.4 Å². The van der Waals surface area contributed by atoms with Crippen LogP contribution in [0.5, 0.6) is 0 Å². The van der Waals surface area contributed by atoms with Crippen molar-refractivity contribution in [3.05, 3.63) is 11.7 Å². The number of hydrogen-bond donors (Lipinski definition) is 1. The van der Waals surface area contributed by atoms with Crippen molar-refractivity contribution in [2.24, 2.45) is 5.92 Å². The highest BCUT2D eigenvalue weighted by Gasteiger charge is 2.09. The van der Waals surface area contributed by atoms with Crippen LogP contribution in [0.3, 0.4) is 0 Å². The van der Waals surface area contributed by atoms with E-state index in [1.165, 1.54) is 0 Å². The number of nitrogens with one attached hydrogen (secondary N) is 1. The molecule has 0 bridgehead atoms. The highest BCUT2D eigenvalue weighted by molar-refractivity contribution is 4.85. The summed E-state index contributed by atoms with van der Waals surface area (Å²) < 4.78 is 5.06. The zero-order chi connectivity index (χ0) is 10.6. The van der Waals surface area contributed by atoms with E-state index in [-0.39, 0.29) is 0 Å². The molecule has 4 nitrogen and oxygen atoms in total. The first-order valence-corrected chi connectivity index (χ1v) is 5.18. The van der Waals surface area contributed by atoms with Crippen molar-refractivity contribution in [3.8, 4) is 0 Å². The molecule has 1 heterocycles. The van der Waals surface area contributed by atoms with Crippen molar-refractivity contribution in [1.82, 2.24) is 15.5 Å². The van der Waals surface area contributed by atoms with Crippen LogP contribution in [-0.4, -0.2) is 16.2 Å². The Kier molecular flexibility index (Phi) is 4.07. The van der Waals surface area contributed by atoms with E-state index in [2.05, 4.69) is 36.2 Å². The van der Waals surface area contributed by atoms with Gasteiger partial charge >= 0.3 is 0 Å². The summed E-state index contributed by atoms with van der Waals surface area (Å²) in [6, 6.07) is 0.465. The van der Waals surface area contributed by atoms with Crippen molar-refractivity contribution in [2.45, 2.75) is 46.7 Å². The standard InChI is InChI=1S/C10H19N3O/c1-5-9-12-10(14-13-9)6-11-8(4)7(2)3/h7-8,11H,5-6H2,1-4H3/t8-/m0/s1. The van der Waals surface area contributed by atoms with Crippen molar-refractivity contribution >= 4 is 0 Å². The number of nitrogens with zero attached hydrogens (tertiary/aromatic N) is 2. The molecule has 1 N–H and O–H groups in total. The van der Waals surface area contributed by atoms with Gasteiger partial charge < -0.3 is 9.84 Å². The van der Waals surface area contributed by atoms with Crippen LogP contribution in [0.4, 0.5) is 0 Å². The second kappa shape index (κ2) is 5.10. The van der Waals surface area contributed by atoms with Gasteiger partial charge in [0.25, 0.3) is 0 Å². The fourth-order valence-electron chi connectivity index (χ4n) is 0.990. The number of hydrogen-bond acceptors (Lipinski definition) is 4. The molecule has 0 saturated heterocycles. The molecule has 0 radical (unpaired) electrons. The van der Waals surface area contributed by atoms with Gasteiger partial charge in [-0.05, 0) is 12.8 Å². The van der Waals surface area contributed by atoms with Crippen LogP contribution in [0.25, 0.3) is 0 Å². The zero-order valence-electron chi connectivity index (χ0n) is 9.37. The fraction of sp³-hybridized carbons (Fsp3) is 0.800. The van der Waals surface area contributed by atoms with Gasteiger partial charge in [0.15, 0.2) is 5.82 Å². The smallest absolute Gasteiger partial charge is 0.240 e. The highest BCUT2D eigenvalue weighted by Crippen LogP contribution is 2.02. The van der Waals surface area contributed by atoms with Crippen LogP contribution in [0.15, 0.2) is 4.52 Å². The molecule has 0 unspecified atom stereocenters. The van der Waals surface area contributed by atoms with E-state index in [9.17, 15) is 0 Å². The molecule has 1 rings (SSSR count). The Hall–Kier alpha value is -0.900. The molecule has 0 fully saturated rings. The maximum atomic E-state index is 5.06. The summed E-state index contributed by atoms with van der Waals surface area (Å²) in [5.74, 6) is 2.07. The minimum atomic E-state index is 0.465. The molecular weight excluding hydrogens is 178 g/mol. The van der Waals surface area contributed by atoms with Crippen molar-refractivity contribution < 1.29 is 4.52 Å². The normalized spacial score (nSPS) is 13.5. The Morgan fingerprint density at radius 3 is 2.57 bits per heavy atom. The van der Waals surface area contributed by atoms with Gasteiger partial charge in [0.2, 0.25) is 5.89 Å². The van der Waals surface area contributed by atoms with E-state index in [4.69, 9.17) is 4.52 Å². The molecule has 0 aliphatic rings. The SMILES string of the molecule is CCc1noc(CN[C@@H](C)C(C)C)n1. The lowest BCUT2D eigenvalue weighted by Gasteiger charge is -2.15. The molecule has 0 spiro atoms. The van der Waals surface area contributed by atoms with Crippen molar-refractivity contribution in [3.63, 3.8) is 0 Å². The van der Waals surface area contributed by atoms with Gasteiger partial charge in [0.05, 0.1) is 6.54 Å². The quantitative estimate of drug-likeness (QED) is 0.781. The lowest BCUT2D eigenvalue weighted by atomic mass is 10.1. The molecule has 0 aromatic carbocycles. The minimum absolute atomic E-state index is 0.465. The van der Waals surface area contributed by atoms with Gasteiger partial charge in [-0.25, -0.2) is 0 Å². The molecule has 0 saturated carbocycles. The third-order valence-electron chi connectivity index (χ3n) is 2.40. The predicted molar refractivity (Wildman–Crippen MR) is 54.8 cm³/mol. The van der Waals surface area contributed by atoms with Gasteiger partial charge in [0, 0.05) is 12.5 Å². The van der Waals surface area contributed by atoms with E-state index >= 15 is 0 Å². The van der Waals surface area contributed by atoms with Crippen LogP contribution in [0, 0.1) is 5.92 Å². The van der Waals surface area contributed by atoms with E-state index in [1.807, 2.05) is 6.92 Å². The predicted octanol–water partition coefficient (Wildman–Crippen LogP) is 1.77. The molecule has 80 valence electrons. The summed E-state index contributed by atoms with van der Waals surface area (Å²) in [5.41, 5.74) is 0. The van der Waals surface area contributed by atoms with E-state index in [0.717, 1.165) is 12.2 Å². The van der Waals surface area contributed by atoms with Crippen molar-refractivity contribution in [2.75, 3.05) is 0 Å². The summed E-state index contributed by atoms with van der Waals surface area (Å²) in [6.45, 7) is 9.19. The van der Waals surface area contributed by atoms with Crippen molar-refractivity contribution in [1.29, 1.82) is 0 Å². The van der Waals surface area contributed by atoms with Gasteiger partial charge in [-0.15, -0.1) is 0 Å². The Balaban J connectivity index is 2.37. The Labute approximate surface area is 85.1 Å². The van der Waals surface area contributed by atoms with Gasteiger partial charge in [-0.2, -0.15) is 4.98 Å². The van der Waals surface area contributed by atoms with Gasteiger partial charge in [-0.1, -0.05) is 25.9 Å². The fourth-order valence-corrected chi connectivity index (χ4v) is 0.990. The van der Waals surface area contributed by atoms with E-state index in [1.54, 1.807) is 0 Å². The van der Waals surface area contributed by atoms with Crippen LogP contribution in [0.2, 0.25) is 0 Å². The molecule has 0 aliphatic carbocycles. The number of aromatic nitrogens is 2. The summed E-state index contributed by atoms with van der Waals surface area (Å²) in [4.78, 5) is 4.22. The Morgan fingerprint density at radius 1 is 1.36 bits per heavy atom. The van der Waals surface area contributed by atoms with Gasteiger partial charge in [0.1, 0.15) is 0 Å². The molecule has 14 heavy (non-hydrogen) atoms. The summed E-state index contributed by atoms with van der Waals surface area (Å²) in [5, 5.41) is 7.17. The number of rotatable bonds is 5. The molecule has 4 heteroatoms. The molecular formula is C10H19N3O. The minimum Gasteiger partial charge on any atom is -0.338 e. The summed E-state index contributed by atoms with van der Waals surface area (Å²) >= 11 is 0. The van der Waals surface area contributed by atoms with E-state index < -0.39 is 0 Å². The highest BCUT2D eigenvalue weighted by atomic mass is 16.5. The van der Waals surface area contributed by atoms with Crippen LogP contribution < -0.4 is 5.32 Å². The molecule has 0 amide bonds. The second-order valence-electron chi connectivity index (χ2n) is 3.87. The second-order valence-corrected chi connectivity index (χ2v) is 3.87. The molecule has 1 aromatic rings. The number of aryl methyl sites for hydroxylation is 1. The summed E-state index contributed by atoms with van der Waals surface area (Å²) in [6.07, 6.45) is 0.823. The largest absolute Gasteiger partial charge is 0.338 e. The maximum absolute atomic E-state index is 5.06. The van der Waals surface area contributed by atoms with E-state index in [0.29, 0.717) is 24.4 Å². The van der Waals surface area contributed by atoms with Crippen LogP contribution >= 0.6 is 0 Å². The van der Waals surface area contributed by atoms with Gasteiger partial charge in [-0.3, -0.25) is 0 Å². The molecule has 0 aliphatic heterocycles. The zero-order valence-corrected chi connectivity index (χ0v) is 9.37. The topological polar surface area (TPSA) is 51.0 Å².